The molecule has 1 fully saturated rings. The van der Waals surface area contributed by atoms with Gasteiger partial charge in [-0.2, -0.15) is 0 Å². The Hall–Kier alpha value is -0.930. The summed E-state index contributed by atoms with van der Waals surface area (Å²) in [5.41, 5.74) is 5.71. The van der Waals surface area contributed by atoms with Crippen LogP contribution in [-0.2, 0) is 13.1 Å². The van der Waals surface area contributed by atoms with Crippen LogP contribution in [0, 0.1) is 5.92 Å². The van der Waals surface area contributed by atoms with Gasteiger partial charge in [0.2, 0.25) is 0 Å². The molecular formula is C11H22IN7. The Labute approximate surface area is 130 Å². The summed E-state index contributed by atoms with van der Waals surface area (Å²) in [5.74, 6) is 1.92. The fourth-order valence-corrected chi connectivity index (χ4v) is 1.60. The summed E-state index contributed by atoms with van der Waals surface area (Å²) in [7, 11) is 0. The Morgan fingerprint density at radius 2 is 2.16 bits per heavy atom. The lowest BCUT2D eigenvalue weighted by molar-refractivity contribution is 0.505. The number of nitrogens with one attached hydrogen (secondary N) is 1. The van der Waals surface area contributed by atoms with Gasteiger partial charge in [0.05, 0.1) is 0 Å². The largest absolute Gasteiger partial charge is 0.370 e. The number of rotatable bonds is 4. The smallest absolute Gasteiger partial charge is 0.189 e. The molecule has 8 heteroatoms. The van der Waals surface area contributed by atoms with E-state index in [-0.39, 0.29) is 29.5 Å². The Morgan fingerprint density at radius 1 is 1.47 bits per heavy atom. The average Bonchev–Trinajstić information content (AvgIpc) is 2.92. The van der Waals surface area contributed by atoms with Crippen molar-refractivity contribution < 1.29 is 0 Å². The van der Waals surface area contributed by atoms with Gasteiger partial charge in [-0.1, -0.05) is 0 Å². The third kappa shape index (κ3) is 5.70. The normalized spacial score (nSPS) is 16.1. The summed E-state index contributed by atoms with van der Waals surface area (Å²) in [6.07, 6.45) is 2.55. The van der Waals surface area contributed by atoms with Crippen LogP contribution in [-0.4, -0.2) is 31.7 Å². The molecule has 0 spiro atoms. The van der Waals surface area contributed by atoms with Gasteiger partial charge in [0.25, 0.3) is 0 Å². The molecule has 19 heavy (non-hydrogen) atoms. The van der Waals surface area contributed by atoms with Crippen molar-refractivity contribution in [3.05, 3.63) is 5.82 Å². The first kappa shape index (κ1) is 16.1. The molecule has 0 unspecified atom stereocenters. The number of aromatic nitrogens is 4. The number of nitrogens with zero attached hydrogens (tertiary/aromatic N) is 5. The third-order valence-electron chi connectivity index (χ3n) is 2.63. The quantitative estimate of drug-likeness (QED) is 0.461. The summed E-state index contributed by atoms with van der Waals surface area (Å²) in [6, 6.07) is 0. The highest BCUT2D eigenvalue weighted by molar-refractivity contribution is 14.0. The van der Waals surface area contributed by atoms with Crippen molar-refractivity contribution in [3.63, 3.8) is 0 Å². The molecule has 0 aliphatic heterocycles. The van der Waals surface area contributed by atoms with E-state index in [9.17, 15) is 0 Å². The molecule has 1 aromatic heterocycles. The van der Waals surface area contributed by atoms with Crippen LogP contribution in [0.2, 0.25) is 0 Å². The second-order valence-corrected chi connectivity index (χ2v) is 5.80. The molecule has 2 rings (SSSR count). The first-order valence-corrected chi connectivity index (χ1v) is 6.27. The van der Waals surface area contributed by atoms with E-state index in [0.29, 0.717) is 12.5 Å². The van der Waals surface area contributed by atoms with E-state index in [2.05, 4.69) is 25.8 Å². The van der Waals surface area contributed by atoms with Crippen molar-refractivity contribution in [2.24, 2.45) is 16.6 Å². The molecular weight excluding hydrogens is 357 g/mol. The lowest BCUT2D eigenvalue weighted by Gasteiger charge is -2.20. The minimum absolute atomic E-state index is 0. The SMILES string of the molecule is CC(C)(C)NC(N)=NCc1nnnn1CC1CC1.I. The molecule has 1 aliphatic rings. The number of hydrogen-bond acceptors (Lipinski definition) is 4. The number of guanidine groups is 1. The number of aliphatic imine (C=N–C) groups is 1. The zero-order valence-electron chi connectivity index (χ0n) is 11.6. The van der Waals surface area contributed by atoms with Gasteiger partial charge < -0.3 is 11.1 Å². The van der Waals surface area contributed by atoms with Gasteiger partial charge in [-0.25, -0.2) is 9.67 Å². The Bertz CT molecular complexity index is 430. The van der Waals surface area contributed by atoms with Gasteiger partial charge in [0.1, 0.15) is 6.54 Å². The molecule has 108 valence electrons. The molecule has 7 nitrogen and oxygen atoms in total. The molecule has 1 aliphatic carbocycles. The standard InChI is InChI=1S/C11H21N7.HI/c1-11(2,3)14-10(12)13-6-9-15-16-17-18(9)7-8-4-5-8;/h8H,4-7H2,1-3H3,(H3,12,13,14);1H. The van der Waals surface area contributed by atoms with E-state index in [1.54, 1.807) is 0 Å². The summed E-state index contributed by atoms with van der Waals surface area (Å²) in [5, 5.41) is 14.7. The highest BCUT2D eigenvalue weighted by atomic mass is 127. The van der Waals surface area contributed by atoms with Crippen LogP contribution in [0.1, 0.15) is 39.4 Å². The van der Waals surface area contributed by atoms with Gasteiger partial charge in [-0.15, -0.1) is 29.1 Å². The van der Waals surface area contributed by atoms with Crippen molar-refractivity contribution >= 4 is 29.9 Å². The van der Waals surface area contributed by atoms with Gasteiger partial charge in [0, 0.05) is 12.1 Å². The molecule has 0 bridgehead atoms. The lowest BCUT2D eigenvalue weighted by atomic mass is 10.1. The van der Waals surface area contributed by atoms with Crippen LogP contribution in [0.3, 0.4) is 0 Å². The van der Waals surface area contributed by atoms with E-state index < -0.39 is 0 Å². The molecule has 1 saturated carbocycles. The van der Waals surface area contributed by atoms with E-state index >= 15 is 0 Å². The molecule has 1 heterocycles. The summed E-state index contributed by atoms with van der Waals surface area (Å²) in [4.78, 5) is 4.26. The van der Waals surface area contributed by atoms with Gasteiger partial charge in [0.15, 0.2) is 11.8 Å². The van der Waals surface area contributed by atoms with Crippen LogP contribution < -0.4 is 11.1 Å². The third-order valence-corrected chi connectivity index (χ3v) is 2.63. The van der Waals surface area contributed by atoms with Crippen LogP contribution in [0.5, 0.6) is 0 Å². The predicted octanol–water partition coefficient (Wildman–Crippen LogP) is 0.904. The monoisotopic (exact) mass is 379 g/mol. The second-order valence-electron chi connectivity index (χ2n) is 5.80. The molecule has 0 aromatic carbocycles. The molecule has 0 saturated heterocycles. The van der Waals surface area contributed by atoms with Crippen molar-refractivity contribution in [3.8, 4) is 0 Å². The summed E-state index contributed by atoms with van der Waals surface area (Å²) >= 11 is 0. The number of halogens is 1. The van der Waals surface area contributed by atoms with E-state index in [0.717, 1.165) is 18.3 Å². The minimum atomic E-state index is -0.0898. The van der Waals surface area contributed by atoms with Crippen molar-refractivity contribution in [2.45, 2.75) is 52.2 Å². The number of nitrogens with two attached hydrogens (primary N) is 1. The zero-order valence-corrected chi connectivity index (χ0v) is 14.0. The van der Waals surface area contributed by atoms with Gasteiger partial charge in [-0.05, 0) is 50.0 Å². The molecule has 3 N–H and O–H groups in total. The number of tetrazole rings is 1. The fourth-order valence-electron chi connectivity index (χ4n) is 1.60. The minimum Gasteiger partial charge on any atom is -0.370 e. The molecule has 0 amide bonds. The van der Waals surface area contributed by atoms with Crippen molar-refractivity contribution in [1.82, 2.24) is 25.5 Å². The Balaban J connectivity index is 0.00000180. The topological polar surface area (TPSA) is 94.0 Å². The average molecular weight is 379 g/mol. The molecule has 0 atom stereocenters. The zero-order chi connectivity index (χ0) is 13.2. The maximum Gasteiger partial charge on any atom is 0.189 e. The van der Waals surface area contributed by atoms with Crippen LogP contribution in [0.15, 0.2) is 4.99 Å². The number of hydrogen-bond donors (Lipinski definition) is 2. The van der Waals surface area contributed by atoms with Crippen LogP contribution in [0.4, 0.5) is 0 Å². The van der Waals surface area contributed by atoms with Crippen molar-refractivity contribution in [2.75, 3.05) is 0 Å². The van der Waals surface area contributed by atoms with Crippen LogP contribution in [0.25, 0.3) is 0 Å². The van der Waals surface area contributed by atoms with Gasteiger partial charge in [-0.3, -0.25) is 0 Å². The first-order valence-electron chi connectivity index (χ1n) is 6.27. The van der Waals surface area contributed by atoms with E-state index in [1.807, 2.05) is 25.5 Å². The maximum atomic E-state index is 5.80. The molecule has 0 radical (unpaired) electrons. The summed E-state index contributed by atoms with van der Waals surface area (Å²) in [6.45, 7) is 7.41. The predicted molar refractivity (Wildman–Crippen MR) is 84.2 cm³/mol. The van der Waals surface area contributed by atoms with Crippen molar-refractivity contribution in [1.29, 1.82) is 0 Å². The Kier molecular flexibility index (Phi) is 5.50. The lowest BCUT2D eigenvalue weighted by Crippen LogP contribution is -2.45. The molecule has 1 aromatic rings. The highest BCUT2D eigenvalue weighted by Gasteiger charge is 2.23. The summed E-state index contributed by atoms with van der Waals surface area (Å²) < 4.78 is 1.82. The van der Waals surface area contributed by atoms with Gasteiger partial charge >= 0.3 is 0 Å². The fraction of sp³-hybridized carbons (Fsp3) is 0.818. The van der Waals surface area contributed by atoms with E-state index in [4.69, 9.17) is 5.73 Å². The second kappa shape index (κ2) is 6.49. The van der Waals surface area contributed by atoms with E-state index in [1.165, 1.54) is 12.8 Å². The van der Waals surface area contributed by atoms with Crippen LogP contribution >= 0.6 is 24.0 Å². The maximum absolute atomic E-state index is 5.80. The Morgan fingerprint density at radius 3 is 2.74 bits per heavy atom. The first-order chi connectivity index (χ1) is 8.44. The highest BCUT2D eigenvalue weighted by Crippen LogP contribution is 2.30.